The minimum atomic E-state index is -1.02. The second-order valence-electron chi connectivity index (χ2n) is 3.00. The first-order chi connectivity index (χ1) is 6.99. The number of carboxylic acids is 1. The first-order valence-corrected chi connectivity index (χ1v) is 5.84. The summed E-state index contributed by atoms with van der Waals surface area (Å²) < 4.78 is 0.949. The molecule has 0 saturated carbocycles. The molecule has 82 valence electrons. The van der Waals surface area contributed by atoms with Crippen molar-refractivity contribution in [3.63, 3.8) is 0 Å². The Labute approximate surface area is 99.4 Å². The maximum atomic E-state index is 10.8. The van der Waals surface area contributed by atoms with Crippen LogP contribution in [0.4, 0.5) is 0 Å². The summed E-state index contributed by atoms with van der Waals surface area (Å²) in [5, 5.41) is 11.3. The maximum Gasteiger partial charge on any atom is 0.326 e. The Morgan fingerprint density at radius 1 is 1.60 bits per heavy atom. The van der Waals surface area contributed by atoms with Gasteiger partial charge in [0, 0.05) is 18.2 Å². The van der Waals surface area contributed by atoms with Gasteiger partial charge in [-0.2, -0.15) is 0 Å². The number of rotatable bonds is 4. The molecular formula is C9H10BrNO3S. The third-order valence-electron chi connectivity index (χ3n) is 1.71. The summed E-state index contributed by atoms with van der Waals surface area (Å²) in [6, 6.07) is 2.84. The number of thiophene rings is 1. The largest absolute Gasteiger partial charge is 0.480 e. The SMILES string of the molecule is CC(=O)N[C@H](Cc1ccc(Br)s1)C(=O)O. The van der Waals surface area contributed by atoms with E-state index in [1.165, 1.54) is 18.3 Å². The number of carboxylic acid groups (broad SMARTS) is 1. The molecule has 1 atom stereocenters. The van der Waals surface area contributed by atoms with Crippen molar-refractivity contribution < 1.29 is 14.7 Å². The van der Waals surface area contributed by atoms with Crippen molar-refractivity contribution in [1.82, 2.24) is 5.32 Å². The van der Waals surface area contributed by atoms with Gasteiger partial charge in [0.15, 0.2) is 0 Å². The van der Waals surface area contributed by atoms with Gasteiger partial charge in [0.2, 0.25) is 5.91 Å². The maximum absolute atomic E-state index is 10.8. The molecule has 0 aliphatic carbocycles. The Morgan fingerprint density at radius 2 is 2.27 bits per heavy atom. The lowest BCUT2D eigenvalue weighted by Gasteiger charge is -2.11. The highest BCUT2D eigenvalue weighted by Crippen LogP contribution is 2.23. The predicted octanol–water partition coefficient (Wildman–Crippen LogP) is 1.64. The van der Waals surface area contributed by atoms with Crippen LogP contribution in [0.2, 0.25) is 0 Å². The molecule has 0 unspecified atom stereocenters. The summed E-state index contributed by atoms with van der Waals surface area (Å²) in [6.07, 6.45) is 0.311. The van der Waals surface area contributed by atoms with Gasteiger partial charge in [-0.3, -0.25) is 4.79 Å². The Kier molecular flexibility index (Phi) is 4.28. The summed E-state index contributed by atoms with van der Waals surface area (Å²) in [5.74, 6) is -1.35. The molecule has 1 heterocycles. The summed E-state index contributed by atoms with van der Waals surface area (Å²) in [5.41, 5.74) is 0. The van der Waals surface area contributed by atoms with Crippen LogP contribution in [-0.4, -0.2) is 23.0 Å². The molecule has 2 N–H and O–H groups in total. The molecular weight excluding hydrogens is 282 g/mol. The van der Waals surface area contributed by atoms with Crippen LogP contribution in [0, 0.1) is 0 Å². The van der Waals surface area contributed by atoms with Crippen LogP contribution in [0.25, 0.3) is 0 Å². The minimum absolute atomic E-state index is 0.311. The van der Waals surface area contributed by atoms with Crippen LogP contribution in [0.15, 0.2) is 15.9 Å². The zero-order valence-corrected chi connectivity index (χ0v) is 10.4. The van der Waals surface area contributed by atoms with Gasteiger partial charge in [0.25, 0.3) is 0 Å². The highest BCUT2D eigenvalue weighted by molar-refractivity contribution is 9.11. The third-order valence-corrected chi connectivity index (χ3v) is 3.36. The molecule has 0 radical (unpaired) electrons. The molecule has 1 amide bonds. The molecule has 0 bridgehead atoms. The van der Waals surface area contributed by atoms with Gasteiger partial charge in [0.05, 0.1) is 3.79 Å². The van der Waals surface area contributed by atoms with Crippen LogP contribution in [0.1, 0.15) is 11.8 Å². The molecule has 0 fully saturated rings. The van der Waals surface area contributed by atoms with E-state index in [0.29, 0.717) is 6.42 Å². The zero-order valence-electron chi connectivity index (χ0n) is 7.99. The first kappa shape index (κ1) is 12.2. The minimum Gasteiger partial charge on any atom is -0.480 e. The molecule has 0 aliphatic heterocycles. The Morgan fingerprint density at radius 3 is 2.67 bits per heavy atom. The number of hydrogen-bond donors (Lipinski definition) is 2. The fourth-order valence-corrected chi connectivity index (χ4v) is 2.64. The van der Waals surface area contributed by atoms with Gasteiger partial charge in [-0.25, -0.2) is 4.79 Å². The van der Waals surface area contributed by atoms with Crippen LogP contribution < -0.4 is 5.32 Å². The van der Waals surface area contributed by atoms with E-state index in [0.717, 1.165) is 8.66 Å². The summed E-state index contributed by atoms with van der Waals surface area (Å²) >= 11 is 4.76. The monoisotopic (exact) mass is 291 g/mol. The van der Waals surface area contributed by atoms with E-state index in [4.69, 9.17) is 5.11 Å². The predicted molar refractivity (Wildman–Crippen MR) is 61.0 cm³/mol. The van der Waals surface area contributed by atoms with Crippen molar-refractivity contribution in [3.8, 4) is 0 Å². The number of hydrogen-bond acceptors (Lipinski definition) is 3. The lowest BCUT2D eigenvalue weighted by Crippen LogP contribution is -2.40. The van der Waals surface area contributed by atoms with Gasteiger partial charge < -0.3 is 10.4 Å². The lowest BCUT2D eigenvalue weighted by atomic mass is 10.2. The highest BCUT2D eigenvalue weighted by atomic mass is 79.9. The Hall–Kier alpha value is -0.880. The number of amides is 1. The molecule has 6 heteroatoms. The number of aliphatic carboxylic acids is 1. The van der Waals surface area contributed by atoms with Crippen molar-refractivity contribution in [2.45, 2.75) is 19.4 Å². The van der Waals surface area contributed by atoms with Gasteiger partial charge >= 0.3 is 5.97 Å². The number of carbonyl (C=O) groups excluding carboxylic acids is 1. The van der Waals surface area contributed by atoms with E-state index in [9.17, 15) is 9.59 Å². The van der Waals surface area contributed by atoms with Crippen molar-refractivity contribution in [3.05, 3.63) is 20.8 Å². The molecule has 0 spiro atoms. The Bertz CT molecular complexity index is 377. The summed E-state index contributed by atoms with van der Waals surface area (Å²) in [4.78, 5) is 22.5. The van der Waals surface area contributed by atoms with Gasteiger partial charge in [-0.1, -0.05) is 0 Å². The fraction of sp³-hybridized carbons (Fsp3) is 0.333. The van der Waals surface area contributed by atoms with E-state index >= 15 is 0 Å². The fourth-order valence-electron chi connectivity index (χ4n) is 1.11. The van der Waals surface area contributed by atoms with E-state index in [1.807, 2.05) is 12.1 Å². The topological polar surface area (TPSA) is 66.4 Å². The van der Waals surface area contributed by atoms with E-state index < -0.39 is 12.0 Å². The van der Waals surface area contributed by atoms with E-state index in [-0.39, 0.29) is 5.91 Å². The quantitative estimate of drug-likeness (QED) is 0.886. The zero-order chi connectivity index (χ0) is 11.4. The second kappa shape index (κ2) is 5.27. The van der Waals surface area contributed by atoms with E-state index in [1.54, 1.807) is 0 Å². The molecule has 0 aromatic carbocycles. The van der Waals surface area contributed by atoms with Gasteiger partial charge in [0.1, 0.15) is 6.04 Å². The van der Waals surface area contributed by atoms with Crippen molar-refractivity contribution in [1.29, 1.82) is 0 Å². The van der Waals surface area contributed by atoms with Crippen LogP contribution in [0.3, 0.4) is 0 Å². The lowest BCUT2D eigenvalue weighted by molar-refractivity contribution is -0.141. The average molecular weight is 292 g/mol. The van der Waals surface area contributed by atoms with Crippen LogP contribution >= 0.6 is 27.3 Å². The van der Waals surface area contributed by atoms with Gasteiger partial charge in [-0.05, 0) is 28.1 Å². The second-order valence-corrected chi connectivity index (χ2v) is 5.55. The van der Waals surface area contributed by atoms with Gasteiger partial charge in [-0.15, -0.1) is 11.3 Å². The number of carbonyl (C=O) groups is 2. The van der Waals surface area contributed by atoms with Crippen LogP contribution in [-0.2, 0) is 16.0 Å². The number of halogens is 1. The number of nitrogens with one attached hydrogen (secondary N) is 1. The standard InChI is InChI=1S/C9H10BrNO3S/c1-5(12)11-7(9(13)14)4-6-2-3-8(10)15-6/h2-3,7H,4H2,1H3,(H,11,12)(H,13,14)/t7-/m1/s1. The third kappa shape index (κ3) is 4.01. The molecule has 0 aliphatic rings. The molecule has 1 aromatic heterocycles. The molecule has 4 nitrogen and oxygen atoms in total. The van der Waals surface area contributed by atoms with E-state index in [2.05, 4.69) is 21.2 Å². The van der Waals surface area contributed by atoms with Crippen molar-refractivity contribution >= 4 is 39.1 Å². The normalized spacial score (nSPS) is 12.1. The molecule has 1 rings (SSSR count). The molecule has 0 saturated heterocycles. The molecule has 1 aromatic rings. The highest BCUT2D eigenvalue weighted by Gasteiger charge is 2.19. The first-order valence-electron chi connectivity index (χ1n) is 4.23. The molecule has 15 heavy (non-hydrogen) atoms. The smallest absolute Gasteiger partial charge is 0.326 e. The van der Waals surface area contributed by atoms with Crippen molar-refractivity contribution in [2.24, 2.45) is 0 Å². The summed E-state index contributed by atoms with van der Waals surface area (Å²) in [6.45, 7) is 1.31. The summed E-state index contributed by atoms with van der Waals surface area (Å²) in [7, 11) is 0. The van der Waals surface area contributed by atoms with Crippen LogP contribution in [0.5, 0.6) is 0 Å². The Balaban J connectivity index is 2.66. The average Bonchev–Trinajstić information content (AvgIpc) is 2.49. The van der Waals surface area contributed by atoms with Crippen molar-refractivity contribution in [2.75, 3.05) is 0 Å².